The van der Waals surface area contributed by atoms with Crippen LogP contribution in [-0.2, 0) is 53.2 Å². The molecule has 0 N–H and O–H groups in total. The van der Waals surface area contributed by atoms with Crippen molar-refractivity contribution >= 4 is 23.9 Å². The summed E-state index contributed by atoms with van der Waals surface area (Å²) in [6, 6.07) is 29.0. The first-order valence-corrected chi connectivity index (χ1v) is 18.8. The molecule has 3 aromatic rings. The Balaban J connectivity index is 1.96. The first-order valence-electron chi connectivity index (χ1n) is 18.8. The van der Waals surface area contributed by atoms with Crippen molar-refractivity contribution in [1.29, 1.82) is 0 Å². The van der Waals surface area contributed by atoms with Crippen molar-refractivity contribution in [2.75, 3.05) is 6.61 Å². The van der Waals surface area contributed by atoms with E-state index in [1.165, 1.54) is 0 Å². The predicted octanol–water partition coefficient (Wildman–Crippen LogP) is 8.18. The van der Waals surface area contributed by atoms with Gasteiger partial charge in [0.15, 0.2) is 12.2 Å². The summed E-state index contributed by atoms with van der Waals surface area (Å²) in [7, 11) is 0. The van der Waals surface area contributed by atoms with E-state index in [-0.39, 0.29) is 6.61 Å². The maximum atomic E-state index is 13.8. The second kappa shape index (κ2) is 16.7. The van der Waals surface area contributed by atoms with Gasteiger partial charge >= 0.3 is 23.9 Å². The molecule has 0 aromatic heterocycles. The molecule has 4 rings (SSSR count). The van der Waals surface area contributed by atoms with E-state index in [9.17, 15) is 19.2 Å². The van der Waals surface area contributed by atoms with Gasteiger partial charge in [-0.15, -0.1) is 0 Å². The molecular weight excluding hydrogens is 700 g/mol. The van der Waals surface area contributed by atoms with Gasteiger partial charge in [-0.3, -0.25) is 19.2 Å². The van der Waals surface area contributed by atoms with Gasteiger partial charge in [0.05, 0.1) is 28.3 Å². The molecular formula is C45H58O10. The summed E-state index contributed by atoms with van der Waals surface area (Å²) < 4.78 is 38.2. The van der Waals surface area contributed by atoms with Gasteiger partial charge in [0.25, 0.3) is 0 Å². The van der Waals surface area contributed by atoms with Crippen molar-refractivity contribution in [1.82, 2.24) is 0 Å². The van der Waals surface area contributed by atoms with Crippen LogP contribution < -0.4 is 0 Å². The van der Waals surface area contributed by atoms with Crippen molar-refractivity contribution in [3.63, 3.8) is 0 Å². The van der Waals surface area contributed by atoms with Crippen molar-refractivity contribution in [2.24, 2.45) is 21.7 Å². The van der Waals surface area contributed by atoms with Crippen LogP contribution in [0.4, 0.5) is 0 Å². The smallest absolute Gasteiger partial charge is 0.313 e. The van der Waals surface area contributed by atoms with Crippen molar-refractivity contribution in [2.45, 2.75) is 119 Å². The molecule has 0 aliphatic carbocycles. The largest absolute Gasteiger partial charge is 0.455 e. The predicted molar refractivity (Wildman–Crippen MR) is 207 cm³/mol. The fourth-order valence-electron chi connectivity index (χ4n) is 5.67. The van der Waals surface area contributed by atoms with E-state index in [2.05, 4.69) is 0 Å². The lowest BCUT2D eigenvalue weighted by molar-refractivity contribution is -0.309. The molecule has 10 heteroatoms. The molecule has 1 heterocycles. The Morgan fingerprint density at radius 3 is 1.11 bits per heavy atom. The van der Waals surface area contributed by atoms with Crippen LogP contribution >= 0.6 is 0 Å². The molecule has 298 valence electrons. The minimum absolute atomic E-state index is 0.270. The highest BCUT2D eigenvalue weighted by Gasteiger charge is 2.56. The molecule has 0 radical (unpaired) electrons. The quantitative estimate of drug-likeness (QED) is 0.114. The number of hydrogen-bond donors (Lipinski definition) is 0. The summed E-state index contributed by atoms with van der Waals surface area (Å²) in [5.41, 5.74) is -2.86. The third-order valence-corrected chi connectivity index (χ3v) is 9.00. The van der Waals surface area contributed by atoms with Crippen LogP contribution in [0.5, 0.6) is 0 Å². The molecule has 5 atom stereocenters. The van der Waals surface area contributed by atoms with E-state index in [1.54, 1.807) is 83.1 Å². The Morgan fingerprint density at radius 1 is 0.455 bits per heavy atom. The lowest BCUT2D eigenvalue weighted by Gasteiger charge is -2.46. The number of carbonyl (C=O) groups excluding carboxylic acids is 4. The van der Waals surface area contributed by atoms with E-state index in [0.29, 0.717) is 0 Å². The molecule has 2 unspecified atom stereocenters. The number of hydrogen-bond acceptors (Lipinski definition) is 10. The molecule has 55 heavy (non-hydrogen) atoms. The maximum absolute atomic E-state index is 13.8. The lowest BCUT2D eigenvalue weighted by Crippen LogP contribution is -2.64. The van der Waals surface area contributed by atoms with Gasteiger partial charge in [-0.05, 0) is 99.8 Å². The average Bonchev–Trinajstić information content (AvgIpc) is 3.10. The second-order valence-corrected chi connectivity index (χ2v) is 18.1. The Labute approximate surface area is 326 Å². The van der Waals surface area contributed by atoms with Gasteiger partial charge in [-0.2, -0.15) is 0 Å². The van der Waals surface area contributed by atoms with Gasteiger partial charge < -0.3 is 28.4 Å². The maximum Gasteiger partial charge on any atom is 0.313 e. The summed E-state index contributed by atoms with van der Waals surface area (Å²) >= 11 is 0. The van der Waals surface area contributed by atoms with Crippen molar-refractivity contribution in [3.8, 4) is 0 Å². The number of benzene rings is 3. The summed E-state index contributed by atoms with van der Waals surface area (Å²) in [4.78, 5) is 54.7. The number of ether oxygens (including phenoxy) is 6. The monoisotopic (exact) mass is 758 g/mol. The molecule has 3 aromatic carbocycles. The van der Waals surface area contributed by atoms with Gasteiger partial charge in [-0.25, -0.2) is 0 Å². The molecule has 0 amide bonds. The van der Waals surface area contributed by atoms with Gasteiger partial charge in [0.1, 0.15) is 11.7 Å². The van der Waals surface area contributed by atoms with E-state index >= 15 is 0 Å². The van der Waals surface area contributed by atoms with Crippen LogP contribution in [0.1, 0.15) is 99.8 Å². The van der Waals surface area contributed by atoms with Crippen molar-refractivity contribution < 1.29 is 47.6 Å². The first kappa shape index (κ1) is 43.2. The van der Waals surface area contributed by atoms with Gasteiger partial charge in [-0.1, -0.05) is 91.0 Å². The zero-order valence-corrected chi connectivity index (χ0v) is 34.3. The summed E-state index contributed by atoms with van der Waals surface area (Å²) in [5, 5.41) is 0. The minimum Gasteiger partial charge on any atom is -0.455 e. The summed E-state index contributed by atoms with van der Waals surface area (Å²) in [6.07, 6.45) is -7.21. The number of esters is 4. The van der Waals surface area contributed by atoms with E-state index < -0.39 is 81.8 Å². The Kier molecular flexibility index (Phi) is 13.1. The molecule has 1 fully saturated rings. The minimum atomic E-state index is -1.59. The first-order chi connectivity index (χ1) is 25.5. The highest BCUT2D eigenvalue weighted by atomic mass is 16.7. The molecule has 1 aliphatic rings. The highest BCUT2D eigenvalue weighted by molar-refractivity contribution is 5.78. The fourth-order valence-corrected chi connectivity index (χ4v) is 5.67. The Morgan fingerprint density at radius 2 is 0.764 bits per heavy atom. The van der Waals surface area contributed by atoms with Gasteiger partial charge in [0.2, 0.25) is 12.4 Å². The van der Waals surface area contributed by atoms with Crippen molar-refractivity contribution in [3.05, 3.63) is 108 Å². The normalized spacial score (nSPS) is 20.9. The van der Waals surface area contributed by atoms with Crippen LogP contribution in [0.2, 0.25) is 0 Å². The van der Waals surface area contributed by atoms with Crippen LogP contribution in [0.25, 0.3) is 0 Å². The Bertz CT molecular complexity index is 1660. The molecule has 0 bridgehead atoms. The fraction of sp³-hybridized carbons (Fsp3) is 0.511. The molecule has 0 spiro atoms. The zero-order chi connectivity index (χ0) is 41.0. The van der Waals surface area contributed by atoms with E-state index in [1.807, 2.05) is 91.0 Å². The van der Waals surface area contributed by atoms with E-state index in [0.717, 1.165) is 16.7 Å². The van der Waals surface area contributed by atoms with Gasteiger partial charge in [0, 0.05) is 0 Å². The molecule has 0 saturated carbocycles. The molecule has 1 aliphatic heterocycles. The zero-order valence-electron chi connectivity index (χ0n) is 34.3. The van der Waals surface area contributed by atoms with Crippen LogP contribution in [0, 0.1) is 21.7 Å². The number of rotatable bonds is 10. The lowest BCUT2D eigenvalue weighted by atomic mass is 9.80. The summed E-state index contributed by atoms with van der Waals surface area (Å²) in [6.45, 7) is 19.8. The summed E-state index contributed by atoms with van der Waals surface area (Å²) in [5.74, 6) is -2.64. The second-order valence-electron chi connectivity index (χ2n) is 18.1. The van der Waals surface area contributed by atoms with Crippen LogP contribution in [0.3, 0.4) is 0 Å². The molecule has 10 nitrogen and oxygen atoms in total. The Hall–Kier alpha value is -4.54. The average molecular weight is 759 g/mol. The van der Waals surface area contributed by atoms with Crippen LogP contribution in [-0.4, -0.2) is 61.2 Å². The topological polar surface area (TPSA) is 124 Å². The third kappa shape index (κ3) is 10.4. The highest BCUT2D eigenvalue weighted by Crippen LogP contribution is 2.42. The standard InChI is InChI=1S/C45H58O10/c1-41(2,3)37(46)52-33-32(28-50-45(29-22-16-13-17-23-29,30-24-18-14-19-25-30)31-26-20-15-21-27-31)51-36(55-40(49)44(10,11)12)35(54-39(48)43(7,8)9)34(33)53-38(47)42(4,5)6/h13-27,32-36H,28H2,1-12H3/t32?,33-,34+,35?,36-/m0/s1. The SMILES string of the molecule is CC(C)(C)C(=O)OC1[C@H](OC(=O)C(C)(C)C)OC(COC(c2ccccc2)(c2ccccc2)c2ccccc2)[C@H](OC(=O)C(C)(C)C)[C@H]1OC(=O)C(C)(C)C. The van der Waals surface area contributed by atoms with Crippen LogP contribution in [0.15, 0.2) is 91.0 Å². The van der Waals surface area contributed by atoms with E-state index in [4.69, 9.17) is 28.4 Å². The number of carbonyl (C=O) groups is 4. The third-order valence-electron chi connectivity index (χ3n) is 9.00. The molecule has 1 saturated heterocycles.